The maximum absolute atomic E-state index is 13.3. The number of benzene rings is 3. The number of aromatic nitrogens is 2. The molecule has 1 atom stereocenters. The molecule has 5 rings (SSSR count). The Balaban J connectivity index is 1.77. The summed E-state index contributed by atoms with van der Waals surface area (Å²) in [5.41, 5.74) is 4.78. The van der Waals surface area contributed by atoms with E-state index in [1.54, 1.807) is 4.90 Å². The van der Waals surface area contributed by atoms with E-state index in [0.29, 0.717) is 10.7 Å². The summed E-state index contributed by atoms with van der Waals surface area (Å²) in [6, 6.07) is 26.8. The Bertz CT molecular complexity index is 1150. The Morgan fingerprint density at radius 1 is 0.857 bits per heavy atom. The first-order valence-corrected chi connectivity index (χ1v) is 9.40. The number of carbonyl (C=O) groups excluding carboxylic acids is 1. The molecule has 136 valence electrons. The van der Waals surface area contributed by atoms with Gasteiger partial charge in [0.05, 0.1) is 11.7 Å². The number of carbonyl (C=O) groups is 1. The summed E-state index contributed by atoms with van der Waals surface area (Å²) in [5.74, 6) is -0.110. The fraction of sp³-hybridized carbons (Fsp3) is 0.0435. The lowest BCUT2D eigenvalue weighted by Gasteiger charge is -2.27. The minimum Gasteiger partial charge on any atom is -0.295 e. The fourth-order valence-electron chi connectivity index (χ4n) is 3.81. The van der Waals surface area contributed by atoms with Crippen molar-refractivity contribution in [1.82, 2.24) is 10.2 Å². The number of hydrogen-bond acceptors (Lipinski definition) is 2. The van der Waals surface area contributed by atoms with Gasteiger partial charge < -0.3 is 0 Å². The van der Waals surface area contributed by atoms with Crippen molar-refractivity contribution in [3.05, 3.63) is 107 Å². The molecule has 5 heteroatoms. The van der Waals surface area contributed by atoms with Crippen molar-refractivity contribution in [1.29, 1.82) is 0 Å². The van der Waals surface area contributed by atoms with E-state index in [-0.39, 0.29) is 11.9 Å². The first kappa shape index (κ1) is 16.8. The number of nitrogens with one attached hydrogen (secondary N) is 1. The maximum Gasteiger partial charge on any atom is 0.277 e. The molecule has 4 aromatic rings. The van der Waals surface area contributed by atoms with Crippen molar-refractivity contribution < 1.29 is 4.79 Å². The predicted molar refractivity (Wildman–Crippen MR) is 111 cm³/mol. The van der Waals surface area contributed by atoms with Crippen LogP contribution in [-0.2, 0) is 0 Å². The first-order chi connectivity index (χ1) is 13.8. The van der Waals surface area contributed by atoms with Crippen molar-refractivity contribution in [3.8, 4) is 11.3 Å². The number of nitrogens with zero attached hydrogens (tertiary/aromatic N) is 2. The molecular formula is C23H16ClN3O. The third kappa shape index (κ3) is 2.53. The van der Waals surface area contributed by atoms with Gasteiger partial charge in [-0.2, -0.15) is 5.10 Å². The van der Waals surface area contributed by atoms with Crippen LogP contribution >= 0.6 is 11.6 Å². The quantitative estimate of drug-likeness (QED) is 0.507. The van der Waals surface area contributed by atoms with E-state index >= 15 is 0 Å². The lowest BCUT2D eigenvalue weighted by Crippen LogP contribution is -2.29. The van der Waals surface area contributed by atoms with Crippen LogP contribution in [0.4, 0.5) is 5.69 Å². The van der Waals surface area contributed by atoms with Gasteiger partial charge >= 0.3 is 0 Å². The van der Waals surface area contributed by atoms with Crippen LogP contribution in [0.5, 0.6) is 0 Å². The van der Waals surface area contributed by atoms with Gasteiger partial charge in [0.2, 0.25) is 0 Å². The molecule has 0 aliphatic carbocycles. The van der Waals surface area contributed by atoms with Crippen molar-refractivity contribution in [2.75, 3.05) is 4.90 Å². The molecule has 1 aliphatic rings. The smallest absolute Gasteiger partial charge is 0.277 e. The molecule has 2 heterocycles. The molecule has 0 saturated heterocycles. The number of amides is 1. The molecule has 1 amide bonds. The normalized spacial score (nSPS) is 15.7. The zero-order valence-corrected chi connectivity index (χ0v) is 15.6. The van der Waals surface area contributed by atoms with Gasteiger partial charge in [0.1, 0.15) is 5.69 Å². The molecule has 0 bridgehead atoms. The topological polar surface area (TPSA) is 49.0 Å². The second-order valence-electron chi connectivity index (χ2n) is 6.66. The molecule has 0 unspecified atom stereocenters. The first-order valence-electron chi connectivity index (χ1n) is 9.02. The molecule has 1 N–H and O–H groups in total. The average Bonchev–Trinajstić information content (AvgIpc) is 3.29. The van der Waals surface area contributed by atoms with Gasteiger partial charge in [0.25, 0.3) is 5.91 Å². The van der Waals surface area contributed by atoms with Crippen LogP contribution in [0, 0.1) is 0 Å². The minimum absolute atomic E-state index is 0.110. The number of anilines is 1. The van der Waals surface area contributed by atoms with Crippen LogP contribution in [0.1, 0.15) is 27.7 Å². The van der Waals surface area contributed by atoms with Gasteiger partial charge in [-0.25, -0.2) is 0 Å². The second kappa shape index (κ2) is 6.66. The van der Waals surface area contributed by atoms with E-state index in [1.165, 1.54) is 0 Å². The highest BCUT2D eigenvalue weighted by Gasteiger charge is 2.43. The van der Waals surface area contributed by atoms with Gasteiger partial charge in [-0.1, -0.05) is 78.3 Å². The molecule has 1 aromatic heterocycles. The number of halogens is 1. The molecule has 0 saturated carbocycles. The van der Waals surface area contributed by atoms with Gasteiger partial charge in [0.15, 0.2) is 0 Å². The number of fused-ring (bicyclic) bond motifs is 1. The van der Waals surface area contributed by atoms with Crippen LogP contribution in [0.15, 0.2) is 84.9 Å². The van der Waals surface area contributed by atoms with Crippen LogP contribution in [0.2, 0.25) is 5.02 Å². The zero-order valence-electron chi connectivity index (χ0n) is 14.8. The Hall–Kier alpha value is -3.37. The van der Waals surface area contributed by atoms with Crippen LogP contribution in [0.3, 0.4) is 0 Å². The number of rotatable bonds is 3. The monoisotopic (exact) mass is 385 g/mol. The number of H-pyrrole nitrogens is 1. The summed E-state index contributed by atoms with van der Waals surface area (Å²) < 4.78 is 0. The van der Waals surface area contributed by atoms with Crippen molar-refractivity contribution in [3.63, 3.8) is 0 Å². The van der Waals surface area contributed by atoms with Crippen LogP contribution in [-0.4, -0.2) is 16.1 Å². The lowest BCUT2D eigenvalue weighted by atomic mass is 9.96. The Morgan fingerprint density at radius 2 is 1.50 bits per heavy atom. The largest absolute Gasteiger partial charge is 0.295 e. The van der Waals surface area contributed by atoms with E-state index in [9.17, 15) is 4.79 Å². The summed E-state index contributed by atoms with van der Waals surface area (Å²) in [6.45, 7) is 0. The molecule has 4 nitrogen and oxygen atoms in total. The molecule has 28 heavy (non-hydrogen) atoms. The predicted octanol–water partition coefficient (Wildman–Crippen LogP) is 5.48. The number of para-hydroxylation sites is 1. The molecule has 0 spiro atoms. The van der Waals surface area contributed by atoms with Gasteiger partial charge in [0, 0.05) is 21.8 Å². The Morgan fingerprint density at radius 3 is 2.21 bits per heavy atom. The third-order valence-corrected chi connectivity index (χ3v) is 5.39. The third-order valence-electron chi connectivity index (χ3n) is 5.05. The molecule has 1 aliphatic heterocycles. The van der Waals surface area contributed by atoms with E-state index in [0.717, 1.165) is 28.1 Å². The highest BCUT2D eigenvalue weighted by Crippen LogP contribution is 2.46. The minimum atomic E-state index is -0.354. The standard InChI is InChI=1S/C23H16ClN3O/c24-18-14-8-7-13-17(18)22-19-20(15-9-3-1-4-10-15)25-26-21(19)23(28)27(22)16-11-5-2-6-12-16/h1-14,22H,(H,25,26)/t22-/m1/s1. The van der Waals surface area contributed by atoms with Gasteiger partial charge in [-0.05, 0) is 23.8 Å². The summed E-state index contributed by atoms with van der Waals surface area (Å²) in [5, 5.41) is 8.07. The highest BCUT2D eigenvalue weighted by atomic mass is 35.5. The highest BCUT2D eigenvalue weighted by molar-refractivity contribution is 6.31. The second-order valence-corrected chi connectivity index (χ2v) is 7.07. The summed E-state index contributed by atoms with van der Waals surface area (Å²) in [7, 11) is 0. The number of hydrogen-bond donors (Lipinski definition) is 1. The SMILES string of the molecule is O=C1c2[nH]nc(-c3ccccc3)c2[C@@H](c2ccccc2Cl)N1c1ccccc1. The van der Waals surface area contributed by atoms with Crippen molar-refractivity contribution in [2.45, 2.75) is 6.04 Å². The molecule has 0 radical (unpaired) electrons. The van der Waals surface area contributed by atoms with E-state index in [1.807, 2.05) is 84.9 Å². The van der Waals surface area contributed by atoms with E-state index < -0.39 is 0 Å². The Labute approximate surface area is 167 Å². The lowest BCUT2D eigenvalue weighted by molar-refractivity contribution is 0.0989. The molecule has 3 aromatic carbocycles. The fourth-order valence-corrected chi connectivity index (χ4v) is 4.05. The zero-order chi connectivity index (χ0) is 19.1. The number of aromatic amines is 1. The summed E-state index contributed by atoms with van der Waals surface area (Å²) in [6.07, 6.45) is 0. The molecular weight excluding hydrogens is 370 g/mol. The summed E-state index contributed by atoms with van der Waals surface area (Å²) in [4.78, 5) is 15.1. The van der Waals surface area contributed by atoms with Crippen molar-refractivity contribution in [2.24, 2.45) is 0 Å². The van der Waals surface area contributed by atoms with Crippen LogP contribution in [0.25, 0.3) is 11.3 Å². The van der Waals surface area contributed by atoms with Crippen LogP contribution < -0.4 is 4.90 Å². The average molecular weight is 386 g/mol. The molecule has 0 fully saturated rings. The summed E-state index contributed by atoms with van der Waals surface area (Å²) >= 11 is 6.57. The van der Waals surface area contributed by atoms with Gasteiger partial charge in [-0.15, -0.1) is 0 Å². The Kier molecular flexibility index (Phi) is 3.99. The maximum atomic E-state index is 13.3. The van der Waals surface area contributed by atoms with Crippen molar-refractivity contribution >= 4 is 23.2 Å². The van der Waals surface area contributed by atoms with E-state index in [4.69, 9.17) is 11.6 Å². The van der Waals surface area contributed by atoms with E-state index in [2.05, 4.69) is 10.2 Å². The van der Waals surface area contributed by atoms with Gasteiger partial charge in [-0.3, -0.25) is 14.8 Å².